The summed E-state index contributed by atoms with van der Waals surface area (Å²) in [5.74, 6) is -0.485. The predicted molar refractivity (Wildman–Crippen MR) is 116 cm³/mol. The summed E-state index contributed by atoms with van der Waals surface area (Å²) in [4.78, 5) is 28.8. The Hall–Kier alpha value is -3.64. The lowest BCUT2D eigenvalue weighted by Crippen LogP contribution is -2.21. The van der Waals surface area contributed by atoms with Crippen LogP contribution in [0.3, 0.4) is 0 Å². The first-order valence-electron chi connectivity index (χ1n) is 9.05. The standard InChI is InChI=1S/C23H19ClN2O4/c1-29-18-10-5-7-16(13-18)14-19(17-8-3-2-4-9-17)23(28)30-15-21(27)26-20-11-6-12-25-22(20)24/h2-14H,15H2,1H3,(H,26,27)/b19-14+. The maximum absolute atomic E-state index is 12.8. The molecule has 0 bridgehead atoms. The fourth-order valence-electron chi connectivity index (χ4n) is 2.65. The second-order valence-corrected chi connectivity index (χ2v) is 6.52. The molecule has 0 saturated carbocycles. The lowest BCUT2D eigenvalue weighted by Gasteiger charge is -2.10. The van der Waals surface area contributed by atoms with Crippen LogP contribution in [0.15, 0.2) is 72.9 Å². The second kappa shape index (κ2) is 10.2. The molecule has 0 radical (unpaired) electrons. The number of aromatic nitrogens is 1. The number of anilines is 1. The molecule has 1 heterocycles. The smallest absolute Gasteiger partial charge is 0.339 e. The summed E-state index contributed by atoms with van der Waals surface area (Å²) in [5.41, 5.74) is 2.09. The van der Waals surface area contributed by atoms with Crippen LogP contribution >= 0.6 is 11.6 Å². The van der Waals surface area contributed by atoms with Crippen LogP contribution in [-0.4, -0.2) is 30.6 Å². The van der Waals surface area contributed by atoms with Gasteiger partial charge < -0.3 is 14.8 Å². The molecule has 0 atom stereocenters. The van der Waals surface area contributed by atoms with Crippen LogP contribution < -0.4 is 10.1 Å². The number of pyridine rings is 1. The van der Waals surface area contributed by atoms with Gasteiger partial charge in [0.1, 0.15) is 5.75 Å². The van der Waals surface area contributed by atoms with Crippen molar-refractivity contribution in [1.82, 2.24) is 4.98 Å². The molecule has 0 fully saturated rings. The largest absolute Gasteiger partial charge is 0.497 e. The Morgan fingerprint density at radius 1 is 1.07 bits per heavy atom. The van der Waals surface area contributed by atoms with Crippen molar-refractivity contribution in [1.29, 1.82) is 0 Å². The maximum Gasteiger partial charge on any atom is 0.339 e. The second-order valence-electron chi connectivity index (χ2n) is 6.17. The van der Waals surface area contributed by atoms with E-state index in [1.54, 1.807) is 43.5 Å². The number of amides is 1. The molecular formula is C23H19ClN2O4. The number of ether oxygens (including phenoxy) is 2. The average molecular weight is 423 g/mol. The van der Waals surface area contributed by atoms with Crippen molar-refractivity contribution < 1.29 is 19.1 Å². The van der Waals surface area contributed by atoms with Crippen LogP contribution in [0.25, 0.3) is 11.6 Å². The fraction of sp³-hybridized carbons (Fsp3) is 0.0870. The van der Waals surface area contributed by atoms with E-state index in [0.717, 1.165) is 5.56 Å². The van der Waals surface area contributed by atoms with Crippen LogP contribution in [-0.2, 0) is 14.3 Å². The quantitative estimate of drug-likeness (QED) is 0.263. The Kier molecular flexibility index (Phi) is 7.19. The molecule has 1 aromatic heterocycles. The highest BCUT2D eigenvalue weighted by Gasteiger charge is 2.16. The molecule has 3 rings (SSSR count). The summed E-state index contributed by atoms with van der Waals surface area (Å²) in [6.45, 7) is -0.466. The minimum absolute atomic E-state index is 0.153. The molecular weight excluding hydrogens is 404 g/mol. The monoisotopic (exact) mass is 422 g/mol. The van der Waals surface area contributed by atoms with Crippen molar-refractivity contribution in [3.05, 3.63) is 89.2 Å². The van der Waals surface area contributed by atoms with Crippen LogP contribution in [0, 0.1) is 0 Å². The van der Waals surface area contributed by atoms with Gasteiger partial charge in [-0.05, 0) is 41.5 Å². The lowest BCUT2D eigenvalue weighted by molar-refractivity contribution is -0.141. The highest BCUT2D eigenvalue weighted by Crippen LogP contribution is 2.22. The predicted octanol–water partition coefficient (Wildman–Crippen LogP) is 4.47. The van der Waals surface area contributed by atoms with Gasteiger partial charge in [0, 0.05) is 6.20 Å². The van der Waals surface area contributed by atoms with Gasteiger partial charge in [-0.1, -0.05) is 54.1 Å². The van der Waals surface area contributed by atoms with Gasteiger partial charge in [0.25, 0.3) is 5.91 Å². The van der Waals surface area contributed by atoms with Crippen molar-refractivity contribution in [2.45, 2.75) is 0 Å². The minimum Gasteiger partial charge on any atom is -0.497 e. The van der Waals surface area contributed by atoms with Crippen molar-refractivity contribution in [3.8, 4) is 5.75 Å². The highest BCUT2D eigenvalue weighted by molar-refractivity contribution is 6.32. The number of carbonyl (C=O) groups is 2. The first kappa shape index (κ1) is 21.1. The molecule has 6 nitrogen and oxygen atoms in total. The van der Waals surface area contributed by atoms with E-state index in [0.29, 0.717) is 22.6 Å². The van der Waals surface area contributed by atoms with Gasteiger partial charge in [0.05, 0.1) is 18.4 Å². The van der Waals surface area contributed by atoms with E-state index in [1.807, 2.05) is 36.4 Å². The molecule has 0 aliphatic rings. The topological polar surface area (TPSA) is 77.5 Å². The van der Waals surface area contributed by atoms with Crippen molar-refractivity contribution in [2.75, 3.05) is 19.0 Å². The fourth-order valence-corrected chi connectivity index (χ4v) is 2.82. The van der Waals surface area contributed by atoms with Crippen LogP contribution in [0.5, 0.6) is 5.75 Å². The number of methoxy groups -OCH3 is 1. The molecule has 0 unspecified atom stereocenters. The molecule has 30 heavy (non-hydrogen) atoms. The van der Waals surface area contributed by atoms with E-state index in [-0.39, 0.29) is 5.15 Å². The molecule has 0 saturated heterocycles. The van der Waals surface area contributed by atoms with Gasteiger partial charge >= 0.3 is 5.97 Å². The van der Waals surface area contributed by atoms with E-state index >= 15 is 0 Å². The number of hydrogen-bond acceptors (Lipinski definition) is 5. The lowest BCUT2D eigenvalue weighted by atomic mass is 10.0. The molecule has 152 valence electrons. The summed E-state index contributed by atoms with van der Waals surface area (Å²) in [6, 6.07) is 19.6. The number of nitrogens with one attached hydrogen (secondary N) is 1. The van der Waals surface area contributed by atoms with Gasteiger partial charge in [-0.15, -0.1) is 0 Å². The van der Waals surface area contributed by atoms with Crippen molar-refractivity contribution in [3.63, 3.8) is 0 Å². The summed E-state index contributed by atoms with van der Waals surface area (Å²) >= 11 is 5.92. The van der Waals surface area contributed by atoms with Gasteiger partial charge in [0.2, 0.25) is 0 Å². The van der Waals surface area contributed by atoms with E-state index < -0.39 is 18.5 Å². The summed E-state index contributed by atoms with van der Waals surface area (Å²) < 4.78 is 10.5. The molecule has 2 aromatic carbocycles. The number of rotatable bonds is 7. The Labute approximate surface area is 179 Å². The Morgan fingerprint density at radius 3 is 2.60 bits per heavy atom. The SMILES string of the molecule is COc1cccc(/C=C(/C(=O)OCC(=O)Nc2cccnc2Cl)c2ccccc2)c1. The molecule has 7 heteroatoms. The van der Waals surface area contributed by atoms with Crippen LogP contribution in [0.2, 0.25) is 5.15 Å². The first-order chi connectivity index (χ1) is 14.6. The van der Waals surface area contributed by atoms with E-state index in [2.05, 4.69) is 10.3 Å². The number of esters is 1. The number of benzene rings is 2. The van der Waals surface area contributed by atoms with Gasteiger partial charge in [0.15, 0.2) is 11.8 Å². The number of hydrogen-bond donors (Lipinski definition) is 1. The zero-order valence-corrected chi connectivity index (χ0v) is 16.9. The van der Waals surface area contributed by atoms with Crippen LogP contribution in [0.4, 0.5) is 5.69 Å². The molecule has 3 aromatic rings. The Balaban J connectivity index is 1.76. The van der Waals surface area contributed by atoms with Gasteiger partial charge in [-0.3, -0.25) is 4.79 Å². The maximum atomic E-state index is 12.8. The molecule has 0 spiro atoms. The number of carbonyl (C=O) groups excluding carboxylic acids is 2. The van der Waals surface area contributed by atoms with E-state index in [4.69, 9.17) is 21.1 Å². The van der Waals surface area contributed by atoms with Crippen molar-refractivity contribution >= 4 is 40.8 Å². The summed E-state index contributed by atoms with van der Waals surface area (Å²) in [6.07, 6.45) is 3.20. The van der Waals surface area contributed by atoms with Gasteiger partial charge in [-0.2, -0.15) is 0 Å². The number of nitrogens with zero attached hydrogens (tertiary/aromatic N) is 1. The highest BCUT2D eigenvalue weighted by atomic mass is 35.5. The third-order valence-corrected chi connectivity index (χ3v) is 4.38. The normalized spacial score (nSPS) is 10.9. The molecule has 0 aliphatic heterocycles. The van der Waals surface area contributed by atoms with E-state index in [1.165, 1.54) is 6.20 Å². The zero-order valence-electron chi connectivity index (χ0n) is 16.2. The van der Waals surface area contributed by atoms with Crippen molar-refractivity contribution in [2.24, 2.45) is 0 Å². The first-order valence-corrected chi connectivity index (χ1v) is 9.43. The third-order valence-electron chi connectivity index (χ3n) is 4.08. The Morgan fingerprint density at radius 2 is 1.87 bits per heavy atom. The summed E-state index contributed by atoms with van der Waals surface area (Å²) in [5, 5.41) is 2.72. The molecule has 1 N–H and O–H groups in total. The molecule has 0 aliphatic carbocycles. The zero-order chi connectivity index (χ0) is 21.3. The summed E-state index contributed by atoms with van der Waals surface area (Å²) in [7, 11) is 1.57. The average Bonchev–Trinajstić information content (AvgIpc) is 2.78. The molecule has 1 amide bonds. The van der Waals surface area contributed by atoms with Crippen LogP contribution in [0.1, 0.15) is 11.1 Å². The van der Waals surface area contributed by atoms with E-state index in [9.17, 15) is 9.59 Å². The minimum atomic E-state index is -0.628. The third kappa shape index (κ3) is 5.68. The number of halogens is 1. The van der Waals surface area contributed by atoms with Gasteiger partial charge in [-0.25, -0.2) is 9.78 Å². The Bertz CT molecular complexity index is 1070.